The molecule has 0 bridgehead atoms. The number of aromatic nitrogens is 1. The first-order valence-electron chi connectivity index (χ1n) is 8.02. The highest BCUT2D eigenvalue weighted by Gasteiger charge is 2.22. The largest absolute Gasteiger partial charge is 0.379 e. The van der Waals surface area contributed by atoms with Gasteiger partial charge in [0.25, 0.3) is 0 Å². The molecule has 0 aromatic carbocycles. The summed E-state index contributed by atoms with van der Waals surface area (Å²) in [4.78, 5) is 7.12. The Bertz CT molecular complexity index is 453. The average molecular weight is 291 g/mol. The highest BCUT2D eigenvalue weighted by Crippen LogP contribution is 2.23. The van der Waals surface area contributed by atoms with Gasteiger partial charge < -0.3 is 15.0 Å². The molecule has 1 saturated heterocycles. The Morgan fingerprint density at radius 2 is 2.10 bits per heavy atom. The van der Waals surface area contributed by atoms with Gasteiger partial charge in [-0.15, -0.1) is 0 Å². The summed E-state index contributed by atoms with van der Waals surface area (Å²) in [5.41, 5.74) is 2.47. The lowest BCUT2D eigenvalue weighted by Gasteiger charge is -2.26. The molecule has 118 valence electrons. The van der Waals surface area contributed by atoms with Gasteiger partial charge in [0.15, 0.2) is 0 Å². The van der Waals surface area contributed by atoms with E-state index in [1.54, 1.807) is 0 Å². The molecule has 0 amide bonds. The van der Waals surface area contributed by atoms with Gasteiger partial charge in [-0.05, 0) is 30.0 Å². The highest BCUT2D eigenvalue weighted by atomic mass is 16.5. The number of anilines is 1. The summed E-state index contributed by atoms with van der Waals surface area (Å²) in [5, 5.41) is 3.49. The van der Waals surface area contributed by atoms with E-state index in [2.05, 4.69) is 57.1 Å². The molecule has 1 aromatic rings. The van der Waals surface area contributed by atoms with E-state index in [0.717, 1.165) is 32.0 Å². The van der Waals surface area contributed by atoms with Crippen molar-refractivity contribution < 1.29 is 4.74 Å². The minimum absolute atomic E-state index is 0.441. The molecule has 0 aliphatic carbocycles. The number of hydrogen-bond donors (Lipinski definition) is 1. The maximum absolute atomic E-state index is 5.50. The second-order valence-electron chi connectivity index (χ2n) is 6.58. The zero-order valence-corrected chi connectivity index (χ0v) is 14.0. The van der Waals surface area contributed by atoms with Crippen molar-refractivity contribution in [2.24, 2.45) is 0 Å². The third-order valence-corrected chi connectivity index (χ3v) is 4.01. The molecule has 0 spiro atoms. The van der Waals surface area contributed by atoms with E-state index in [1.807, 2.05) is 0 Å². The molecular formula is C17H29N3O. The molecule has 21 heavy (non-hydrogen) atoms. The van der Waals surface area contributed by atoms with Crippen LogP contribution in [0.4, 0.5) is 5.82 Å². The van der Waals surface area contributed by atoms with Crippen LogP contribution in [0.25, 0.3) is 0 Å². The molecule has 1 unspecified atom stereocenters. The number of pyridine rings is 1. The number of ether oxygens (including phenoxy) is 1. The molecule has 4 nitrogen and oxygen atoms in total. The van der Waals surface area contributed by atoms with E-state index in [0.29, 0.717) is 18.0 Å². The first kappa shape index (κ1) is 16.2. The lowest BCUT2D eigenvalue weighted by Crippen LogP contribution is -2.33. The van der Waals surface area contributed by atoms with Gasteiger partial charge in [-0.3, -0.25) is 0 Å². The molecule has 2 heterocycles. The van der Waals surface area contributed by atoms with E-state index >= 15 is 0 Å². The Balaban J connectivity index is 2.21. The van der Waals surface area contributed by atoms with Gasteiger partial charge in [0.1, 0.15) is 5.82 Å². The van der Waals surface area contributed by atoms with Gasteiger partial charge in [-0.2, -0.15) is 0 Å². The van der Waals surface area contributed by atoms with E-state index in [9.17, 15) is 0 Å². The van der Waals surface area contributed by atoms with Gasteiger partial charge in [0, 0.05) is 31.9 Å². The van der Waals surface area contributed by atoms with Crippen molar-refractivity contribution >= 4 is 5.82 Å². The van der Waals surface area contributed by atoms with Crippen molar-refractivity contribution in [2.45, 2.75) is 58.7 Å². The summed E-state index contributed by atoms with van der Waals surface area (Å²) in [6.07, 6.45) is 1.09. The maximum Gasteiger partial charge on any atom is 0.129 e. The summed E-state index contributed by atoms with van der Waals surface area (Å²) in [7, 11) is 2.13. The van der Waals surface area contributed by atoms with Crippen molar-refractivity contribution in [3.8, 4) is 0 Å². The fourth-order valence-electron chi connectivity index (χ4n) is 2.51. The molecule has 1 atom stereocenters. The molecular weight excluding hydrogens is 262 g/mol. The van der Waals surface area contributed by atoms with Crippen molar-refractivity contribution in [3.05, 3.63) is 23.4 Å². The lowest BCUT2D eigenvalue weighted by atomic mass is 10.1. The number of likely N-dealkylation sites (N-methyl/N-ethyl adjacent to an activating group) is 1. The van der Waals surface area contributed by atoms with E-state index in [-0.39, 0.29) is 0 Å². The summed E-state index contributed by atoms with van der Waals surface area (Å²) >= 11 is 0. The van der Waals surface area contributed by atoms with Gasteiger partial charge >= 0.3 is 0 Å². The topological polar surface area (TPSA) is 37.4 Å². The minimum atomic E-state index is 0.441. The lowest BCUT2D eigenvalue weighted by molar-refractivity contribution is 0.193. The first-order valence-corrected chi connectivity index (χ1v) is 8.02. The van der Waals surface area contributed by atoms with E-state index < -0.39 is 0 Å². The summed E-state index contributed by atoms with van der Waals surface area (Å²) < 4.78 is 5.50. The first-order chi connectivity index (χ1) is 9.97. The molecule has 2 rings (SSSR count). The Hall–Kier alpha value is -1.13. The third kappa shape index (κ3) is 4.42. The second-order valence-corrected chi connectivity index (χ2v) is 6.58. The minimum Gasteiger partial charge on any atom is -0.379 e. The molecule has 0 saturated carbocycles. The van der Waals surface area contributed by atoms with Crippen molar-refractivity contribution in [1.29, 1.82) is 0 Å². The fraction of sp³-hybridized carbons (Fsp3) is 0.706. The Morgan fingerprint density at radius 3 is 2.67 bits per heavy atom. The highest BCUT2D eigenvalue weighted by molar-refractivity contribution is 5.44. The van der Waals surface area contributed by atoms with Crippen molar-refractivity contribution in [3.63, 3.8) is 0 Å². The number of rotatable bonds is 6. The Labute approximate surface area is 128 Å². The quantitative estimate of drug-likeness (QED) is 0.874. The van der Waals surface area contributed by atoms with Crippen LogP contribution in [0.15, 0.2) is 12.1 Å². The smallest absolute Gasteiger partial charge is 0.129 e. The number of nitrogens with one attached hydrogen (secondary N) is 1. The molecule has 1 aliphatic heterocycles. The molecule has 4 heteroatoms. The molecule has 0 radical (unpaired) electrons. The van der Waals surface area contributed by atoms with Gasteiger partial charge in [0.2, 0.25) is 0 Å². The standard InChI is InChI=1S/C17H29N3O/c1-12(2)16-8-14(10-18-13(3)4)9-17(19-16)20(5)15-6-7-21-11-15/h8-9,12-13,15,18H,6-7,10-11H2,1-5H3. The van der Waals surface area contributed by atoms with Crippen LogP contribution in [-0.2, 0) is 11.3 Å². The zero-order chi connectivity index (χ0) is 15.4. The molecule has 1 fully saturated rings. The van der Waals surface area contributed by atoms with Gasteiger partial charge in [-0.1, -0.05) is 27.7 Å². The SMILES string of the molecule is CC(C)NCc1cc(C(C)C)nc(N(C)C2CCOC2)c1. The second kappa shape index (κ2) is 7.23. The predicted molar refractivity (Wildman–Crippen MR) is 87.9 cm³/mol. The van der Waals surface area contributed by atoms with Crippen LogP contribution >= 0.6 is 0 Å². The summed E-state index contributed by atoms with van der Waals surface area (Å²) in [6.45, 7) is 11.3. The molecule has 1 aliphatic rings. The Morgan fingerprint density at radius 1 is 1.33 bits per heavy atom. The van der Waals surface area contributed by atoms with Crippen LogP contribution in [0.2, 0.25) is 0 Å². The predicted octanol–water partition coefficient (Wildman–Crippen LogP) is 2.93. The van der Waals surface area contributed by atoms with Gasteiger partial charge in [0.05, 0.1) is 12.6 Å². The van der Waals surface area contributed by atoms with Crippen LogP contribution in [0.3, 0.4) is 0 Å². The number of hydrogen-bond acceptors (Lipinski definition) is 4. The van der Waals surface area contributed by atoms with Crippen LogP contribution < -0.4 is 10.2 Å². The zero-order valence-electron chi connectivity index (χ0n) is 14.0. The normalized spacial score (nSPS) is 18.7. The average Bonchev–Trinajstić information content (AvgIpc) is 2.98. The van der Waals surface area contributed by atoms with E-state index in [4.69, 9.17) is 9.72 Å². The third-order valence-electron chi connectivity index (χ3n) is 4.01. The van der Waals surface area contributed by atoms with Crippen molar-refractivity contribution in [2.75, 3.05) is 25.2 Å². The van der Waals surface area contributed by atoms with Crippen LogP contribution in [-0.4, -0.2) is 37.3 Å². The molecule has 1 N–H and O–H groups in total. The number of nitrogens with zero attached hydrogens (tertiary/aromatic N) is 2. The summed E-state index contributed by atoms with van der Waals surface area (Å²) in [6, 6.07) is 5.37. The van der Waals surface area contributed by atoms with Gasteiger partial charge in [-0.25, -0.2) is 4.98 Å². The maximum atomic E-state index is 5.50. The monoisotopic (exact) mass is 291 g/mol. The molecule has 1 aromatic heterocycles. The van der Waals surface area contributed by atoms with Crippen LogP contribution in [0.1, 0.15) is 51.3 Å². The van der Waals surface area contributed by atoms with E-state index in [1.165, 1.54) is 11.3 Å². The Kier molecular flexibility index (Phi) is 5.59. The van der Waals surface area contributed by atoms with Crippen molar-refractivity contribution in [1.82, 2.24) is 10.3 Å². The summed E-state index contributed by atoms with van der Waals surface area (Å²) in [5.74, 6) is 1.51. The van der Waals surface area contributed by atoms with Crippen LogP contribution in [0, 0.1) is 0 Å². The van der Waals surface area contributed by atoms with Crippen LogP contribution in [0.5, 0.6) is 0 Å². The fourth-order valence-corrected chi connectivity index (χ4v) is 2.51.